The van der Waals surface area contributed by atoms with E-state index in [4.69, 9.17) is 11.6 Å². The lowest BCUT2D eigenvalue weighted by molar-refractivity contribution is -0.116. The Morgan fingerprint density at radius 1 is 1.33 bits per heavy atom. The molecule has 0 saturated carbocycles. The maximum absolute atomic E-state index is 11.9. The Morgan fingerprint density at radius 2 is 2.00 bits per heavy atom. The van der Waals surface area contributed by atoms with Gasteiger partial charge in [-0.2, -0.15) is 0 Å². The minimum absolute atomic E-state index is 0. The highest BCUT2D eigenvalue weighted by molar-refractivity contribution is 6.33. The molecule has 0 bridgehead atoms. The van der Waals surface area contributed by atoms with Crippen LogP contribution in [0.25, 0.3) is 0 Å². The lowest BCUT2D eigenvalue weighted by atomic mass is 10.1. The highest BCUT2D eigenvalue weighted by Gasteiger charge is 2.18. The van der Waals surface area contributed by atoms with Gasteiger partial charge in [0.25, 0.3) is 0 Å². The quantitative estimate of drug-likeness (QED) is 0.871. The Kier molecular flexibility index (Phi) is 8.04. The van der Waals surface area contributed by atoms with E-state index in [1.807, 2.05) is 25.2 Å². The summed E-state index contributed by atoms with van der Waals surface area (Å²) in [6.07, 6.45) is 2.82. The second-order valence-corrected chi connectivity index (χ2v) is 5.59. The third-order valence-electron chi connectivity index (χ3n) is 3.80. The highest BCUT2D eigenvalue weighted by Crippen LogP contribution is 2.20. The molecule has 4 nitrogen and oxygen atoms in total. The van der Waals surface area contributed by atoms with Crippen molar-refractivity contribution in [3.63, 3.8) is 0 Å². The SMILES string of the molecule is CNC1CCN(CCC(=O)Nc2ccccc2Cl)CC1.Cl. The summed E-state index contributed by atoms with van der Waals surface area (Å²) in [6.45, 7) is 2.93. The lowest BCUT2D eigenvalue weighted by Crippen LogP contribution is -2.42. The van der Waals surface area contributed by atoms with Gasteiger partial charge in [-0.3, -0.25) is 4.79 Å². The van der Waals surface area contributed by atoms with Crippen molar-refractivity contribution in [2.45, 2.75) is 25.3 Å². The molecule has 0 radical (unpaired) electrons. The maximum Gasteiger partial charge on any atom is 0.225 e. The second kappa shape index (κ2) is 9.26. The van der Waals surface area contributed by atoms with Crippen LogP contribution >= 0.6 is 24.0 Å². The Balaban J connectivity index is 0.00000220. The molecule has 0 spiro atoms. The van der Waals surface area contributed by atoms with Crippen LogP contribution in [0.15, 0.2) is 24.3 Å². The topological polar surface area (TPSA) is 44.4 Å². The number of hydrogen-bond donors (Lipinski definition) is 2. The van der Waals surface area contributed by atoms with Crippen LogP contribution in [-0.4, -0.2) is 43.5 Å². The van der Waals surface area contributed by atoms with E-state index in [2.05, 4.69) is 15.5 Å². The predicted molar refractivity (Wildman–Crippen MR) is 90.5 cm³/mol. The summed E-state index contributed by atoms with van der Waals surface area (Å²) < 4.78 is 0. The number of piperidine rings is 1. The van der Waals surface area contributed by atoms with Gasteiger partial charge in [-0.25, -0.2) is 0 Å². The van der Waals surface area contributed by atoms with Gasteiger partial charge in [-0.15, -0.1) is 12.4 Å². The average Bonchev–Trinajstić information content (AvgIpc) is 2.48. The van der Waals surface area contributed by atoms with Crippen LogP contribution in [0, 0.1) is 0 Å². The molecule has 6 heteroatoms. The van der Waals surface area contributed by atoms with Gasteiger partial charge in [0.15, 0.2) is 0 Å². The van der Waals surface area contributed by atoms with Crippen molar-refractivity contribution in [2.75, 3.05) is 32.0 Å². The summed E-state index contributed by atoms with van der Waals surface area (Å²) >= 11 is 6.02. The molecule has 21 heavy (non-hydrogen) atoms. The largest absolute Gasteiger partial charge is 0.325 e. The number of amides is 1. The number of likely N-dealkylation sites (tertiary alicyclic amines) is 1. The van der Waals surface area contributed by atoms with Crippen molar-refractivity contribution in [3.8, 4) is 0 Å². The van der Waals surface area contributed by atoms with Crippen LogP contribution in [0.4, 0.5) is 5.69 Å². The molecule has 0 aliphatic carbocycles. The first-order chi connectivity index (χ1) is 9.69. The standard InChI is InChI=1S/C15H22ClN3O.ClH/c1-17-12-6-9-19(10-7-12)11-8-15(20)18-14-5-3-2-4-13(14)16;/h2-5,12,17H,6-11H2,1H3,(H,18,20);1H. The Morgan fingerprint density at radius 3 is 2.62 bits per heavy atom. The zero-order chi connectivity index (χ0) is 14.4. The molecule has 118 valence electrons. The molecule has 1 aliphatic heterocycles. The number of carbonyl (C=O) groups is 1. The van der Waals surface area contributed by atoms with Gasteiger partial charge in [-0.1, -0.05) is 23.7 Å². The van der Waals surface area contributed by atoms with Crippen molar-refractivity contribution >= 4 is 35.6 Å². The molecule has 1 heterocycles. The van der Waals surface area contributed by atoms with Crippen LogP contribution < -0.4 is 10.6 Å². The Hall–Kier alpha value is -0.810. The zero-order valence-corrected chi connectivity index (χ0v) is 13.8. The third kappa shape index (κ3) is 5.83. The van der Waals surface area contributed by atoms with E-state index in [1.165, 1.54) is 0 Å². The van der Waals surface area contributed by atoms with Gasteiger partial charge in [0, 0.05) is 19.0 Å². The van der Waals surface area contributed by atoms with E-state index < -0.39 is 0 Å². The number of nitrogens with zero attached hydrogens (tertiary/aromatic N) is 1. The third-order valence-corrected chi connectivity index (χ3v) is 4.13. The van der Waals surface area contributed by atoms with Gasteiger partial charge in [-0.05, 0) is 45.1 Å². The monoisotopic (exact) mass is 331 g/mol. The van der Waals surface area contributed by atoms with E-state index in [1.54, 1.807) is 6.07 Å². The summed E-state index contributed by atoms with van der Waals surface area (Å²) in [4.78, 5) is 14.3. The number of rotatable bonds is 5. The molecular weight excluding hydrogens is 309 g/mol. The molecule has 2 rings (SSSR count). The minimum atomic E-state index is 0. The van der Waals surface area contributed by atoms with Crippen molar-refractivity contribution in [1.29, 1.82) is 0 Å². The van der Waals surface area contributed by atoms with Crippen molar-refractivity contribution in [3.05, 3.63) is 29.3 Å². The van der Waals surface area contributed by atoms with Gasteiger partial charge < -0.3 is 15.5 Å². The van der Waals surface area contributed by atoms with Gasteiger partial charge in [0.2, 0.25) is 5.91 Å². The molecule has 1 amide bonds. The van der Waals surface area contributed by atoms with Gasteiger partial charge >= 0.3 is 0 Å². The summed E-state index contributed by atoms with van der Waals surface area (Å²) in [5.41, 5.74) is 0.688. The number of anilines is 1. The van der Waals surface area contributed by atoms with E-state index in [9.17, 15) is 4.79 Å². The Bertz CT molecular complexity index is 448. The first-order valence-corrected chi connectivity index (χ1v) is 7.51. The molecule has 0 atom stereocenters. The number of carbonyl (C=O) groups excluding carboxylic acids is 1. The zero-order valence-electron chi connectivity index (χ0n) is 12.3. The molecule has 1 aromatic rings. The highest BCUT2D eigenvalue weighted by atomic mass is 35.5. The Labute approximate surface area is 137 Å². The fourth-order valence-electron chi connectivity index (χ4n) is 2.48. The second-order valence-electron chi connectivity index (χ2n) is 5.18. The van der Waals surface area contributed by atoms with Crippen LogP contribution in [0.2, 0.25) is 5.02 Å². The maximum atomic E-state index is 11.9. The van der Waals surface area contributed by atoms with Crippen molar-refractivity contribution in [1.82, 2.24) is 10.2 Å². The fraction of sp³-hybridized carbons (Fsp3) is 0.533. The lowest BCUT2D eigenvalue weighted by Gasteiger charge is -2.31. The molecule has 0 aromatic heterocycles. The number of para-hydroxylation sites is 1. The average molecular weight is 332 g/mol. The summed E-state index contributed by atoms with van der Waals surface area (Å²) in [5, 5.41) is 6.75. The molecule has 1 fully saturated rings. The van der Waals surface area contributed by atoms with Crippen LogP contribution in [-0.2, 0) is 4.79 Å². The van der Waals surface area contributed by atoms with Crippen LogP contribution in [0.5, 0.6) is 0 Å². The first-order valence-electron chi connectivity index (χ1n) is 7.13. The van der Waals surface area contributed by atoms with Gasteiger partial charge in [0.05, 0.1) is 10.7 Å². The molecule has 0 unspecified atom stereocenters. The van der Waals surface area contributed by atoms with Crippen LogP contribution in [0.1, 0.15) is 19.3 Å². The summed E-state index contributed by atoms with van der Waals surface area (Å²) in [7, 11) is 2.01. The predicted octanol–water partition coefficient (Wildman–Crippen LogP) is 2.77. The van der Waals surface area contributed by atoms with E-state index in [0.29, 0.717) is 23.2 Å². The van der Waals surface area contributed by atoms with E-state index in [-0.39, 0.29) is 18.3 Å². The van der Waals surface area contributed by atoms with Gasteiger partial charge in [0.1, 0.15) is 0 Å². The number of halogens is 2. The fourth-order valence-corrected chi connectivity index (χ4v) is 2.66. The number of nitrogens with one attached hydrogen (secondary N) is 2. The molecular formula is C15H23Cl2N3O. The van der Waals surface area contributed by atoms with Crippen molar-refractivity contribution in [2.24, 2.45) is 0 Å². The molecule has 2 N–H and O–H groups in total. The van der Waals surface area contributed by atoms with Crippen molar-refractivity contribution < 1.29 is 4.79 Å². The van der Waals surface area contributed by atoms with E-state index in [0.717, 1.165) is 32.5 Å². The number of hydrogen-bond acceptors (Lipinski definition) is 3. The molecule has 1 aliphatic rings. The molecule has 1 aromatic carbocycles. The summed E-state index contributed by atoms with van der Waals surface area (Å²) in [5.74, 6) is 0.0221. The molecule has 1 saturated heterocycles. The normalized spacial score (nSPS) is 16.3. The first kappa shape index (κ1) is 18.2. The summed E-state index contributed by atoms with van der Waals surface area (Å²) in [6, 6.07) is 7.94. The smallest absolute Gasteiger partial charge is 0.225 e. The number of benzene rings is 1. The minimum Gasteiger partial charge on any atom is -0.325 e. The van der Waals surface area contributed by atoms with E-state index >= 15 is 0 Å². The van der Waals surface area contributed by atoms with Crippen LogP contribution in [0.3, 0.4) is 0 Å².